The average Bonchev–Trinajstić information content (AvgIpc) is 2.29. The first kappa shape index (κ1) is 12.6. The zero-order valence-electron chi connectivity index (χ0n) is 8.71. The average molecular weight is 355 g/mol. The van der Waals surface area contributed by atoms with Gasteiger partial charge in [-0.25, -0.2) is 9.97 Å². The third-order valence-electron chi connectivity index (χ3n) is 2.46. The van der Waals surface area contributed by atoms with Crippen molar-refractivity contribution >= 4 is 28.5 Å². The van der Waals surface area contributed by atoms with Crippen molar-refractivity contribution < 1.29 is 13.2 Å². The summed E-state index contributed by atoms with van der Waals surface area (Å²) in [6, 6.07) is 0. The van der Waals surface area contributed by atoms with E-state index in [0.29, 0.717) is 12.5 Å². The number of halogens is 4. The third-order valence-corrected chi connectivity index (χ3v) is 3.02. The second kappa shape index (κ2) is 4.79. The van der Waals surface area contributed by atoms with Gasteiger partial charge in [-0.05, 0) is 29.0 Å². The molecule has 2 rings (SSSR count). The molecule has 7 heteroatoms. The van der Waals surface area contributed by atoms with Crippen molar-refractivity contribution in [2.75, 3.05) is 18.0 Å². The summed E-state index contributed by atoms with van der Waals surface area (Å²) in [5.74, 6) is 0.475. The fraction of sp³-hybridized carbons (Fsp3) is 0.400. The molecule has 3 nitrogen and oxygen atoms in total. The Bertz CT molecular complexity index is 427. The van der Waals surface area contributed by atoms with Crippen LogP contribution in [0, 0.1) is 3.57 Å². The molecule has 0 atom stereocenters. The molecule has 1 aliphatic heterocycles. The standard InChI is InChI=1S/C10H9F3IN3/c11-10(12,13)7-1-3-17(4-2-7)9-15-5-8(14)6-16-9/h1,5-6H,2-4H2. The monoisotopic (exact) mass is 355 g/mol. The summed E-state index contributed by atoms with van der Waals surface area (Å²) in [5, 5.41) is 0. The number of nitrogens with zero attached hydrogens (tertiary/aromatic N) is 3. The lowest BCUT2D eigenvalue weighted by molar-refractivity contribution is -0.0944. The maximum atomic E-state index is 12.4. The molecule has 0 bridgehead atoms. The summed E-state index contributed by atoms with van der Waals surface area (Å²) in [6.07, 6.45) is 0.264. The van der Waals surface area contributed by atoms with Crippen molar-refractivity contribution in [3.8, 4) is 0 Å². The molecule has 17 heavy (non-hydrogen) atoms. The van der Waals surface area contributed by atoms with Crippen LogP contribution >= 0.6 is 22.6 Å². The minimum atomic E-state index is -4.21. The fourth-order valence-electron chi connectivity index (χ4n) is 1.58. The van der Waals surface area contributed by atoms with E-state index >= 15 is 0 Å². The van der Waals surface area contributed by atoms with E-state index in [1.807, 2.05) is 0 Å². The number of alkyl halides is 3. The van der Waals surface area contributed by atoms with Crippen molar-refractivity contribution in [1.82, 2.24) is 9.97 Å². The molecule has 0 aromatic carbocycles. The molecule has 0 radical (unpaired) electrons. The zero-order valence-corrected chi connectivity index (χ0v) is 10.9. The molecule has 0 spiro atoms. The molecular formula is C10H9F3IN3. The number of aromatic nitrogens is 2. The van der Waals surface area contributed by atoms with E-state index in [2.05, 4.69) is 32.6 Å². The highest BCUT2D eigenvalue weighted by molar-refractivity contribution is 14.1. The van der Waals surface area contributed by atoms with Crippen LogP contribution in [0.3, 0.4) is 0 Å². The van der Waals surface area contributed by atoms with Gasteiger partial charge in [-0.3, -0.25) is 0 Å². The molecule has 0 N–H and O–H groups in total. The SMILES string of the molecule is FC(F)(F)C1=CCN(c2ncc(I)cn2)CC1. The first-order valence-electron chi connectivity index (χ1n) is 4.95. The molecule has 1 aromatic heterocycles. The predicted molar refractivity (Wildman–Crippen MR) is 65.7 cm³/mol. The largest absolute Gasteiger partial charge is 0.412 e. The normalized spacial score (nSPS) is 16.9. The summed E-state index contributed by atoms with van der Waals surface area (Å²) in [5.41, 5.74) is -0.459. The van der Waals surface area contributed by atoms with Gasteiger partial charge in [0.25, 0.3) is 0 Å². The van der Waals surface area contributed by atoms with Gasteiger partial charge in [-0.1, -0.05) is 6.08 Å². The minimum Gasteiger partial charge on any atom is -0.337 e. The van der Waals surface area contributed by atoms with Crippen LogP contribution in [0.4, 0.5) is 19.1 Å². The van der Waals surface area contributed by atoms with Crippen LogP contribution < -0.4 is 4.90 Å². The maximum absolute atomic E-state index is 12.4. The van der Waals surface area contributed by atoms with Crippen LogP contribution in [-0.2, 0) is 0 Å². The van der Waals surface area contributed by atoms with Crippen molar-refractivity contribution in [3.05, 3.63) is 27.6 Å². The molecule has 1 aromatic rings. The van der Waals surface area contributed by atoms with Crippen molar-refractivity contribution in [2.24, 2.45) is 0 Å². The quantitative estimate of drug-likeness (QED) is 0.573. The van der Waals surface area contributed by atoms with E-state index in [1.165, 1.54) is 6.08 Å². The summed E-state index contributed by atoms with van der Waals surface area (Å²) < 4.78 is 38.1. The highest BCUT2D eigenvalue weighted by atomic mass is 127. The lowest BCUT2D eigenvalue weighted by Gasteiger charge is -2.27. The Morgan fingerprint density at radius 2 is 1.88 bits per heavy atom. The van der Waals surface area contributed by atoms with Gasteiger partial charge in [-0.2, -0.15) is 13.2 Å². The molecule has 2 heterocycles. The molecule has 0 unspecified atom stereocenters. The number of rotatable bonds is 1. The van der Waals surface area contributed by atoms with Gasteiger partial charge in [0.15, 0.2) is 0 Å². The van der Waals surface area contributed by atoms with E-state index in [-0.39, 0.29) is 13.0 Å². The van der Waals surface area contributed by atoms with E-state index in [4.69, 9.17) is 0 Å². The first-order chi connectivity index (χ1) is 7.97. The second-order valence-corrected chi connectivity index (χ2v) is 4.87. The predicted octanol–water partition coefficient (Wildman–Crippen LogP) is 2.78. The van der Waals surface area contributed by atoms with E-state index in [0.717, 1.165) is 3.57 Å². The van der Waals surface area contributed by atoms with Crippen LogP contribution in [0.25, 0.3) is 0 Å². The topological polar surface area (TPSA) is 29.0 Å². The van der Waals surface area contributed by atoms with E-state index in [1.54, 1.807) is 17.3 Å². The number of hydrogen-bond acceptors (Lipinski definition) is 3. The lowest BCUT2D eigenvalue weighted by Crippen LogP contribution is -2.33. The molecular weight excluding hydrogens is 346 g/mol. The molecule has 0 aliphatic carbocycles. The van der Waals surface area contributed by atoms with Crippen LogP contribution in [0.2, 0.25) is 0 Å². The van der Waals surface area contributed by atoms with Gasteiger partial charge in [0, 0.05) is 34.6 Å². The Morgan fingerprint density at radius 3 is 2.35 bits per heavy atom. The maximum Gasteiger partial charge on any atom is 0.412 e. The molecule has 92 valence electrons. The van der Waals surface area contributed by atoms with Crippen molar-refractivity contribution in [2.45, 2.75) is 12.6 Å². The Balaban J connectivity index is 2.09. The van der Waals surface area contributed by atoms with Gasteiger partial charge in [0.1, 0.15) is 0 Å². The number of anilines is 1. The van der Waals surface area contributed by atoms with E-state index in [9.17, 15) is 13.2 Å². The Labute approximate surface area is 110 Å². The molecule has 0 saturated carbocycles. The fourth-order valence-corrected chi connectivity index (χ4v) is 1.86. The highest BCUT2D eigenvalue weighted by Gasteiger charge is 2.35. The third kappa shape index (κ3) is 3.08. The van der Waals surface area contributed by atoms with E-state index < -0.39 is 11.7 Å². The summed E-state index contributed by atoms with van der Waals surface area (Å²) in [7, 11) is 0. The molecule has 0 amide bonds. The van der Waals surface area contributed by atoms with Crippen LogP contribution in [-0.4, -0.2) is 29.2 Å². The van der Waals surface area contributed by atoms with Crippen molar-refractivity contribution in [3.63, 3.8) is 0 Å². The smallest absolute Gasteiger partial charge is 0.337 e. The van der Waals surface area contributed by atoms with Crippen molar-refractivity contribution in [1.29, 1.82) is 0 Å². The second-order valence-electron chi connectivity index (χ2n) is 3.62. The summed E-state index contributed by atoms with van der Waals surface area (Å²) in [4.78, 5) is 9.90. The molecule has 0 fully saturated rings. The van der Waals surface area contributed by atoms with Gasteiger partial charge in [-0.15, -0.1) is 0 Å². The Morgan fingerprint density at radius 1 is 1.24 bits per heavy atom. The molecule has 0 saturated heterocycles. The Kier molecular flexibility index (Phi) is 3.55. The van der Waals surface area contributed by atoms with Gasteiger partial charge in [0.2, 0.25) is 5.95 Å². The Hall–Kier alpha value is -0.860. The highest BCUT2D eigenvalue weighted by Crippen LogP contribution is 2.30. The van der Waals surface area contributed by atoms with Gasteiger partial charge >= 0.3 is 6.18 Å². The first-order valence-corrected chi connectivity index (χ1v) is 6.03. The number of hydrogen-bond donors (Lipinski definition) is 0. The van der Waals surface area contributed by atoms with Gasteiger partial charge in [0.05, 0.1) is 0 Å². The minimum absolute atomic E-state index is 0.0150. The van der Waals surface area contributed by atoms with Crippen LogP contribution in [0.5, 0.6) is 0 Å². The molecule has 1 aliphatic rings. The summed E-state index contributed by atoms with van der Waals surface area (Å²) in [6.45, 7) is 0.501. The van der Waals surface area contributed by atoms with Crippen LogP contribution in [0.1, 0.15) is 6.42 Å². The zero-order chi connectivity index (χ0) is 12.5. The lowest BCUT2D eigenvalue weighted by atomic mass is 10.1. The van der Waals surface area contributed by atoms with Crippen LogP contribution in [0.15, 0.2) is 24.0 Å². The summed E-state index contributed by atoms with van der Waals surface area (Å²) >= 11 is 2.08. The van der Waals surface area contributed by atoms with Gasteiger partial charge < -0.3 is 4.90 Å².